The van der Waals surface area contributed by atoms with Crippen molar-refractivity contribution in [1.29, 1.82) is 0 Å². The van der Waals surface area contributed by atoms with Crippen LogP contribution in [0.15, 0.2) is 0 Å². The van der Waals surface area contributed by atoms with Gasteiger partial charge in [-0.25, -0.2) is 0 Å². The Kier molecular flexibility index (Phi) is 3.30. The van der Waals surface area contributed by atoms with E-state index >= 15 is 0 Å². The first-order valence-corrected chi connectivity index (χ1v) is 5.59. The fourth-order valence-electron chi connectivity index (χ4n) is 1.45. The molecule has 0 aromatic carbocycles. The van der Waals surface area contributed by atoms with Crippen molar-refractivity contribution in [3.8, 4) is 12.3 Å². The minimum absolute atomic E-state index is 0.257. The Balaban J connectivity index is 2.59. The summed E-state index contributed by atoms with van der Waals surface area (Å²) in [6.45, 7) is 5.69. The van der Waals surface area contributed by atoms with Crippen LogP contribution in [0, 0.1) is 12.3 Å². The molecular formula is C9H15NOS. The van der Waals surface area contributed by atoms with Gasteiger partial charge in [-0.3, -0.25) is 9.11 Å². The van der Waals surface area contributed by atoms with Crippen LogP contribution in [0.25, 0.3) is 0 Å². The van der Waals surface area contributed by atoms with E-state index in [0.29, 0.717) is 12.6 Å². The highest BCUT2D eigenvalue weighted by atomic mass is 32.2. The van der Waals surface area contributed by atoms with E-state index in [9.17, 15) is 4.21 Å². The molecule has 1 heterocycles. The third-order valence-electron chi connectivity index (χ3n) is 2.54. The minimum Gasteiger partial charge on any atom is -0.288 e. The molecule has 0 aromatic rings. The summed E-state index contributed by atoms with van der Waals surface area (Å²) in [5.41, 5.74) is 0. The molecule has 0 spiro atoms. The van der Waals surface area contributed by atoms with Gasteiger partial charge >= 0.3 is 0 Å². The molecule has 0 amide bonds. The van der Waals surface area contributed by atoms with Gasteiger partial charge < -0.3 is 0 Å². The lowest BCUT2D eigenvalue weighted by atomic mass is 10.2. The predicted octanol–water partition coefficient (Wildman–Crippen LogP) is 0.461. The largest absolute Gasteiger partial charge is 0.288 e. The third-order valence-corrected chi connectivity index (χ3v) is 4.35. The van der Waals surface area contributed by atoms with Crippen molar-refractivity contribution < 1.29 is 4.21 Å². The molecule has 3 atom stereocenters. The van der Waals surface area contributed by atoms with E-state index in [4.69, 9.17) is 6.42 Å². The normalized spacial score (nSPS) is 37.6. The monoisotopic (exact) mass is 185 g/mol. The molecule has 1 saturated heterocycles. The average molecular weight is 185 g/mol. The maximum absolute atomic E-state index is 11.4. The van der Waals surface area contributed by atoms with Gasteiger partial charge in [-0.1, -0.05) is 5.92 Å². The molecular weight excluding hydrogens is 170 g/mol. The molecule has 3 heteroatoms. The van der Waals surface area contributed by atoms with Crippen molar-refractivity contribution in [3.63, 3.8) is 0 Å². The van der Waals surface area contributed by atoms with Gasteiger partial charge in [-0.15, -0.1) is 6.42 Å². The van der Waals surface area contributed by atoms with E-state index in [2.05, 4.69) is 17.7 Å². The number of nitrogens with zero attached hydrogens (tertiary/aromatic N) is 1. The van der Waals surface area contributed by atoms with Crippen LogP contribution >= 0.6 is 0 Å². The molecule has 0 aromatic heterocycles. The predicted molar refractivity (Wildman–Crippen MR) is 52.3 cm³/mol. The zero-order valence-electron chi connectivity index (χ0n) is 7.62. The molecule has 3 unspecified atom stereocenters. The number of hydrogen-bond donors (Lipinski definition) is 0. The topological polar surface area (TPSA) is 20.3 Å². The second-order valence-corrected chi connectivity index (χ2v) is 5.12. The smallest absolute Gasteiger partial charge is 0.0601 e. The average Bonchev–Trinajstić information content (AvgIpc) is 2.07. The lowest BCUT2D eigenvalue weighted by Gasteiger charge is -2.35. The number of terminal acetylenes is 1. The number of rotatable bonds is 1. The van der Waals surface area contributed by atoms with Gasteiger partial charge in [-0.2, -0.15) is 0 Å². The molecule has 1 aliphatic rings. The highest BCUT2D eigenvalue weighted by molar-refractivity contribution is 7.85. The van der Waals surface area contributed by atoms with Crippen LogP contribution in [-0.4, -0.2) is 39.2 Å². The van der Waals surface area contributed by atoms with Crippen LogP contribution in [-0.2, 0) is 10.8 Å². The van der Waals surface area contributed by atoms with E-state index in [0.717, 1.165) is 12.3 Å². The fourth-order valence-corrected chi connectivity index (χ4v) is 2.85. The summed E-state index contributed by atoms with van der Waals surface area (Å²) in [6.07, 6.45) is 5.23. The van der Waals surface area contributed by atoms with Crippen molar-refractivity contribution in [2.75, 3.05) is 18.8 Å². The minimum atomic E-state index is -0.650. The summed E-state index contributed by atoms with van der Waals surface area (Å²) < 4.78 is 11.4. The second-order valence-electron chi connectivity index (χ2n) is 3.21. The molecule has 68 valence electrons. The summed E-state index contributed by atoms with van der Waals surface area (Å²) >= 11 is 0. The van der Waals surface area contributed by atoms with Gasteiger partial charge in [0.1, 0.15) is 0 Å². The third kappa shape index (κ3) is 1.88. The van der Waals surface area contributed by atoms with Crippen LogP contribution in [0.5, 0.6) is 0 Å². The van der Waals surface area contributed by atoms with E-state index in [1.165, 1.54) is 0 Å². The fraction of sp³-hybridized carbons (Fsp3) is 0.778. The Morgan fingerprint density at radius 2 is 2.33 bits per heavy atom. The van der Waals surface area contributed by atoms with Gasteiger partial charge in [0.2, 0.25) is 0 Å². The summed E-state index contributed by atoms with van der Waals surface area (Å²) in [6, 6.07) is 0.357. The summed E-state index contributed by atoms with van der Waals surface area (Å²) in [5.74, 6) is 3.40. The van der Waals surface area contributed by atoms with E-state index in [-0.39, 0.29) is 5.25 Å². The molecule has 2 nitrogen and oxygen atoms in total. The highest BCUT2D eigenvalue weighted by Gasteiger charge is 2.28. The number of hydrogen-bond acceptors (Lipinski definition) is 2. The zero-order chi connectivity index (χ0) is 9.14. The highest BCUT2D eigenvalue weighted by Crippen LogP contribution is 2.15. The maximum atomic E-state index is 11.4. The Bertz CT molecular complexity index is 221. The first-order valence-electron chi connectivity index (χ1n) is 4.21. The van der Waals surface area contributed by atoms with E-state index in [1.807, 2.05) is 6.92 Å². The Morgan fingerprint density at radius 3 is 2.92 bits per heavy atom. The molecule has 0 radical (unpaired) electrons. The Morgan fingerprint density at radius 1 is 1.67 bits per heavy atom. The lowest BCUT2D eigenvalue weighted by molar-refractivity contribution is 0.236. The lowest BCUT2D eigenvalue weighted by Crippen LogP contribution is -2.49. The van der Waals surface area contributed by atoms with E-state index in [1.54, 1.807) is 0 Å². The molecule has 1 aliphatic heterocycles. The van der Waals surface area contributed by atoms with Crippen LogP contribution < -0.4 is 0 Å². The molecule has 1 rings (SSSR count). The molecule has 1 fully saturated rings. The van der Waals surface area contributed by atoms with Crippen molar-refractivity contribution in [3.05, 3.63) is 0 Å². The first kappa shape index (κ1) is 9.76. The molecule has 0 bridgehead atoms. The van der Waals surface area contributed by atoms with Crippen LogP contribution in [0.1, 0.15) is 13.8 Å². The Hall–Kier alpha value is -0.330. The summed E-state index contributed by atoms with van der Waals surface area (Å²) in [7, 11) is -0.650. The molecule has 12 heavy (non-hydrogen) atoms. The molecule has 0 N–H and O–H groups in total. The van der Waals surface area contributed by atoms with Gasteiger partial charge in [0.05, 0.1) is 6.54 Å². The van der Waals surface area contributed by atoms with Gasteiger partial charge in [0.25, 0.3) is 0 Å². The van der Waals surface area contributed by atoms with Crippen molar-refractivity contribution in [1.82, 2.24) is 4.90 Å². The quantitative estimate of drug-likeness (QED) is 0.553. The van der Waals surface area contributed by atoms with Gasteiger partial charge in [0, 0.05) is 34.4 Å². The van der Waals surface area contributed by atoms with Crippen LogP contribution in [0.2, 0.25) is 0 Å². The van der Waals surface area contributed by atoms with Crippen molar-refractivity contribution in [2.24, 2.45) is 0 Å². The van der Waals surface area contributed by atoms with E-state index < -0.39 is 10.8 Å². The van der Waals surface area contributed by atoms with Gasteiger partial charge in [0.15, 0.2) is 0 Å². The molecule has 0 saturated carbocycles. The summed E-state index contributed by atoms with van der Waals surface area (Å²) in [5, 5.41) is 0.257. The van der Waals surface area contributed by atoms with Gasteiger partial charge in [-0.05, 0) is 13.8 Å². The molecule has 0 aliphatic carbocycles. The van der Waals surface area contributed by atoms with Crippen molar-refractivity contribution in [2.45, 2.75) is 25.1 Å². The summed E-state index contributed by atoms with van der Waals surface area (Å²) in [4.78, 5) is 2.21. The zero-order valence-corrected chi connectivity index (χ0v) is 8.43. The first-order chi connectivity index (χ1) is 5.66. The van der Waals surface area contributed by atoms with Crippen LogP contribution in [0.3, 0.4) is 0 Å². The maximum Gasteiger partial charge on any atom is 0.0601 e. The van der Waals surface area contributed by atoms with Crippen molar-refractivity contribution >= 4 is 10.8 Å². The second kappa shape index (κ2) is 4.06. The van der Waals surface area contributed by atoms with Crippen LogP contribution in [0.4, 0.5) is 0 Å². The SMILES string of the molecule is C#CCN1CCS(=O)C(C)C1C. The standard InChI is InChI=1S/C9H15NOS/c1-4-5-10-6-7-12(11)9(3)8(10)2/h1,8-9H,5-7H2,2-3H3. The Labute approximate surface area is 76.8 Å².